The normalized spacial score (nSPS) is 43.6. The lowest BCUT2D eigenvalue weighted by molar-refractivity contribution is -0.140. The number of alkyl halides is 1. The molecule has 0 amide bonds. The number of rotatable bonds is 2. The van der Waals surface area contributed by atoms with Gasteiger partial charge in [0.15, 0.2) is 0 Å². The maximum atomic E-state index is 14.0. The van der Waals surface area contributed by atoms with Crippen molar-refractivity contribution in [2.75, 3.05) is 13.1 Å². The van der Waals surface area contributed by atoms with E-state index >= 15 is 0 Å². The predicted octanol–water partition coefficient (Wildman–Crippen LogP) is 7.49. The predicted molar refractivity (Wildman–Crippen MR) is 143 cm³/mol. The van der Waals surface area contributed by atoms with Crippen molar-refractivity contribution < 1.29 is 9.13 Å². The number of halogens is 1. The van der Waals surface area contributed by atoms with Crippen molar-refractivity contribution in [3.8, 4) is 0 Å². The molecule has 2 nitrogen and oxygen atoms in total. The summed E-state index contributed by atoms with van der Waals surface area (Å²) in [5.41, 5.74) is 4.57. The van der Waals surface area contributed by atoms with E-state index in [4.69, 9.17) is 4.74 Å². The number of ether oxygens (including phenoxy) is 1. The average molecular weight is 484 g/mol. The molecule has 36 heavy (non-hydrogen) atoms. The SMILES string of the molecule is C[C@]12CC=C3C=C4CC[C@H](N5CC[C@@H](F)C5)CC45CC[C@]3(O5)[C@@H]1CC[C@@H]2c1ccc2ccccc2c1. The highest BCUT2D eigenvalue weighted by molar-refractivity contribution is 5.83. The number of nitrogens with zero attached hydrogens (tertiary/aromatic N) is 1. The molecule has 2 saturated carbocycles. The van der Waals surface area contributed by atoms with E-state index in [1.165, 1.54) is 34.8 Å². The molecule has 1 unspecified atom stereocenters. The number of benzene rings is 2. The maximum Gasteiger partial charge on any atom is 0.114 e. The summed E-state index contributed by atoms with van der Waals surface area (Å²) in [5.74, 6) is 1.15. The molecule has 2 spiro atoms. The lowest BCUT2D eigenvalue weighted by atomic mass is 9.58. The molecule has 2 saturated heterocycles. The smallest absolute Gasteiger partial charge is 0.114 e. The minimum absolute atomic E-state index is 0.103. The molecular formula is C33H38FNO. The summed E-state index contributed by atoms with van der Waals surface area (Å²) < 4.78 is 21.5. The molecule has 0 aromatic heterocycles. The number of hydrogen-bond donors (Lipinski definition) is 0. The molecule has 2 aromatic carbocycles. The van der Waals surface area contributed by atoms with Crippen LogP contribution < -0.4 is 0 Å². The van der Waals surface area contributed by atoms with Crippen LogP contribution in [0.1, 0.15) is 76.2 Å². The van der Waals surface area contributed by atoms with Crippen molar-refractivity contribution >= 4 is 10.8 Å². The molecule has 8 rings (SSSR count). The third-order valence-electron chi connectivity index (χ3n) is 11.5. The van der Waals surface area contributed by atoms with Crippen molar-refractivity contribution in [1.82, 2.24) is 4.90 Å². The van der Waals surface area contributed by atoms with Gasteiger partial charge in [-0.1, -0.05) is 61.5 Å². The third kappa shape index (κ3) is 2.91. The maximum absolute atomic E-state index is 14.0. The number of fused-ring (bicyclic) bond motifs is 2. The van der Waals surface area contributed by atoms with Crippen molar-refractivity contribution in [1.29, 1.82) is 0 Å². The van der Waals surface area contributed by atoms with Crippen LogP contribution in [0.2, 0.25) is 0 Å². The molecule has 2 bridgehead atoms. The summed E-state index contributed by atoms with van der Waals surface area (Å²) in [5, 5.41) is 2.69. The summed E-state index contributed by atoms with van der Waals surface area (Å²) in [7, 11) is 0. The van der Waals surface area contributed by atoms with Gasteiger partial charge in [0.05, 0.1) is 11.2 Å². The standard InChI is InChI=1S/C33H38FNO/c1-31-14-12-26-19-25-8-9-28(35-17-13-27(34)21-35)20-32(25)15-16-33(26,36-32)30(31)11-10-29(31)24-7-6-22-4-2-3-5-23(22)18-24/h2-7,12,18-19,27-30H,8-11,13-17,20-21H2,1H3/t27-,28+,29-,30-,31-,32?,33-/m1/s1. The lowest BCUT2D eigenvalue weighted by Gasteiger charge is -2.55. The molecule has 7 atom stereocenters. The zero-order valence-corrected chi connectivity index (χ0v) is 21.5. The summed E-state index contributed by atoms with van der Waals surface area (Å²) >= 11 is 0. The van der Waals surface area contributed by atoms with E-state index in [0.717, 1.165) is 45.1 Å². The molecule has 3 aliphatic carbocycles. The first kappa shape index (κ1) is 22.1. The van der Waals surface area contributed by atoms with Crippen LogP contribution in [0.15, 0.2) is 65.8 Å². The Balaban J connectivity index is 1.14. The van der Waals surface area contributed by atoms with Crippen molar-refractivity contribution in [2.24, 2.45) is 11.3 Å². The fourth-order valence-electron chi connectivity index (χ4n) is 9.74. The Kier molecular flexibility index (Phi) is 4.62. The van der Waals surface area contributed by atoms with Gasteiger partial charge >= 0.3 is 0 Å². The highest BCUT2D eigenvalue weighted by Crippen LogP contribution is 2.69. The first-order chi connectivity index (χ1) is 17.5. The van der Waals surface area contributed by atoms with Crippen LogP contribution in [-0.4, -0.2) is 41.4 Å². The van der Waals surface area contributed by atoms with Crippen molar-refractivity contribution in [3.05, 3.63) is 71.3 Å². The summed E-state index contributed by atoms with van der Waals surface area (Å²) in [6.45, 7) is 4.12. The van der Waals surface area contributed by atoms with Crippen LogP contribution in [0.4, 0.5) is 4.39 Å². The second kappa shape index (κ2) is 7.54. The molecule has 3 heterocycles. The Labute approximate surface area is 214 Å². The lowest BCUT2D eigenvalue weighted by Crippen LogP contribution is -2.55. The van der Waals surface area contributed by atoms with Gasteiger partial charge in [0, 0.05) is 19.1 Å². The monoisotopic (exact) mass is 483 g/mol. The second-order valence-electron chi connectivity index (χ2n) is 13.1. The van der Waals surface area contributed by atoms with E-state index in [1.54, 1.807) is 5.57 Å². The van der Waals surface area contributed by atoms with E-state index in [0.29, 0.717) is 30.8 Å². The Hall–Kier alpha value is -1.97. The van der Waals surface area contributed by atoms with Gasteiger partial charge in [-0.25, -0.2) is 4.39 Å². The van der Waals surface area contributed by atoms with E-state index < -0.39 is 6.17 Å². The van der Waals surface area contributed by atoms with Gasteiger partial charge in [-0.3, -0.25) is 4.90 Å². The fourth-order valence-corrected chi connectivity index (χ4v) is 9.74. The number of allylic oxidation sites excluding steroid dienone is 1. The molecule has 3 aliphatic heterocycles. The van der Waals surface area contributed by atoms with Gasteiger partial charge in [-0.15, -0.1) is 0 Å². The molecule has 188 valence electrons. The largest absolute Gasteiger partial charge is 0.359 e. The van der Waals surface area contributed by atoms with Gasteiger partial charge < -0.3 is 4.74 Å². The molecule has 0 radical (unpaired) electrons. The van der Waals surface area contributed by atoms with Gasteiger partial charge in [0.25, 0.3) is 0 Å². The van der Waals surface area contributed by atoms with Crippen LogP contribution >= 0.6 is 0 Å². The molecule has 4 fully saturated rings. The zero-order chi connectivity index (χ0) is 24.1. The summed E-state index contributed by atoms with van der Waals surface area (Å²) in [4.78, 5) is 2.44. The highest BCUT2D eigenvalue weighted by atomic mass is 19.1. The zero-order valence-electron chi connectivity index (χ0n) is 21.5. The Morgan fingerprint density at radius 2 is 1.89 bits per heavy atom. The second-order valence-corrected chi connectivity index (χ2v) is 13.1. The van der Waals surface area contributed by atoms with Gasteiger partial charge in [-0.2, -0.15) is 0 Å². The van der Waals surface area contributed by atoms with Crippen LogP contribution in [0.5, 0.6) is 0 Å². The first-order valence-corrected chi connectivity index (χ1v) is 14.5. The minimum atomic E-state index is -0.638. The van der Waals surface area contributed by atoms with Crippen LogP contribution in [0.3, 0.4) is 0 Å². The van der Waals surface area contributed by atoms with Crippen LogP contribution in [0, 0.1) is 11.3 Å². The fraction of sp³-hybridized carbons (Fsp3) is 0.576. The quantitative estimate of drug-likeness (QED) is 0.439. The molecule has 3 heteroatoms. The molecule has 0 N–H and O–H groups in total. The summed E-state index contributed by atoms with van der Waals surface area (Å²) in [6, 6.07) is 16.4. The van der Waals surface area contributed by atoms with Crippen LogP contribution in [-0.2, 0) is 4.74 Å². The first-order valence-electron chi connectivity index (χ1n) is 14.5. The topological polar surface area (TPSA) is 12.5 Å². The Bertz CT molecular complexity index is 1300. The van der Waals surface area contributed by atoms with E-state index in [9.17, 15) is 4.39 Å². The minimum Gasteiger partial charge on any atom is -0.359 e. The third-order valence-corrected chi connectivity index (χ3v) is 11.5. The van der Waals surface area contributed by atoms with Crippen molar-refractivity contribution in [3.63, 3.8) is 0 Å². The number of hydrogen-bond acceptors (Lipinski definition) is 2. The van der Waals surface area contributed by atoms with Gasteiger partial charge in [-0.05, 0) is 103 Å². The summed E-state index contributed by atoms with van der Waals surface area (Å²) in [6.07, 6.45) is 14.5. The van der Waals surface area contributed by atoms with Crippen LogP contribution in [0.25, 0.3) is 10.8 Å². The van der Waals surface area contributed by atoms with E-state index in [-0.39, 0.29) is 16.6 Å². The molecule has 6 aliphatic rings. The molecular weight excluding hydrogens is 445 g/mol. The highest BCUT2D eigenvalue weighted by Gasteiger charge is 2.66. The van der Waals surface area contributed by atoms with Gasteiger partial charge in [0.2, 0.25) is 0 Å². The van der Waals surface area contributed by atoms with E-state index in [2.05, 4.69) is 66.4 Å². The Morgan fingerprint density at radius 3 is 2.75 bits per heavy atom. The van der Waals surface area contributed by atoms with Crippen molar-refractivity contribution in [2.45, 2.75) is 94.0 Å². The average Bonchev–Trinajstić information content (AvgIpc) is 3.57. The Morgan fingerprint density at radius 1 is 1.00 bits per heavy atom. The molecule has 2 aromatic rings. The van der Waals surface area contributed by atoms with Gasteiger partial charge in [0.1, 0.15) is 6.17 Å². The van der Waals surface area contributed by atoms with E-state index in [1.807, 2.05) is 0 Å². The number of likely N-dealkylation sites (tertiary alicyclic amines) is 1.